The first-order chi connectivity index (χ1) is 9.65. The molecule has 1 aliphatic carbocycles. The van der Waals surface area contributed by atoms with E-state index in [9.17, 15) is 9.59 Å². The molecule has 20 heavy (non-hydrogen) atoms. The van der Waals surface area contributed by atoms with Crippen LogP contribution in [-0.4, -0.2) is 19.9 Å². The number of rotatable bonds is 4. The second-order valence-corrected chi connectivity index (χ2v) is 5.34. The number of Topliss-reactive ketones (excluding diaryl/α,β-unsaturated/α-hetero) is 1. The Hall–Kier alpha value is -2.17. The van der Waals surface area contributed by atoms with Gasteiger partial charge in [0.2, 0.25) is 0 Å². The Morgan fingerprint density at radius 3 is 2.80 bits per heavy atom. The predicted molar refractivity (Wildman–Crippen MR) is 74.8 cm³/mol. The fourth-order valence-corrected chi connectivity index (χ4v) is 2.47. The summed E-state index contributed by atoms with van der Waals surface area (Å²) >= 11 is 0. The monoisotopic (exact) mass is 271 g/mol. The molecule has 1 fully saturated rings. The van der Waals surface area contributed by atoms with Gasteiger partial charge >= 0.3 is 0 Å². The van der Waals surface area contributed by atoms with Crippen molar-refractivity contribution < 1.29 is 4.79 Å². The predicted octanol–water partition coefficient (Wildman–Crippen LogP) is 1.73. The number of aryl methyl sites for hydroxylation is 1. The Kier molecular flexibility index (Phi) is 3.26. The van der Waals surface area contributed by atoms with E-state index in [0.29, 0.717) is 11.6 Å². The zero-order valence-corrected chi connectivity index (χ0v) is 11.5. The first-order valence-electron chi connectivity index (χ1n) is 6.86. The van der Waals surface area contributed by atoms with Crippen LogP contribution in [0.2, 0.25) is 0 Å². The topological polar surface area (TPSA) is 56.9 Å². The Morgan fingerprint density at radius 2 is 2.25 bits per heavy atom. The number of carbonyl (C=O) groups is 1. The summed E-state index contributed by atoms with van der Waals surface area (Å²) in [5, 5.41) is 0. The lowest BCUT2D eigenvalue weighted by molar-refractivity contribution is 0.0962. The maximum absolute atomic E-state index is 12.1. The Labute approximate surface area is 116 Å². The van der Waals surface area contributed by atoms with Crippen LogP contribution in [0.4, 0.5) is 0 Å². The molecule has 5 heteroatoms. The summed E-state index contributed by atoms with van der Waals surface area (Å²) in [4.78, 5) is 28.5. The van der Waals surface area contributed by atoms with Crippen LogP contribution in [0.1, 0.15) is 41.4 Å². The lowest BCUT2D eigenvalue weighted by Crippen LogP contribution is -2.26. The first kappa shape index (κ1) is 12.8. The van der Waals surface area contributed by atoms with E-state index in [4.69, 9.17) is 0 Å². The van der Waals surface area contributed by atoms with Gasteiger partial charge in [0, 0.05) is 25.2 Å². The number of hydrogen-bond acceptors (Lipinski definition) is 3. The molecule has 1 saturated carbocycles. The zero-order valence-electron chi connectivity index (χ0n) is 11.5. The highest BCUT2D eigenvalue weighted by Crippen LogP contribution is 2.34. The fourth-order valence-electron chi connectivity index (χ4n) is 2.47. The third-order valence-corrected chi connectivity index (χ3v) is 3.97. The number of aromatic nitrogens is 3. The van der Waals surface area contributed by atoms with E-state index in [0.717, 1.165) is 18.5 Å². The van der Waals surface area contributed by atoms with Crippen LogP contribution in [0.5, 0.6) is 0 Å². The third-order valence-electron chi connectivity index (χ3n) is 3.97. The van der Waals surface area contributed by atoms with Crippen LogP contribution in [-0.2, 0) is 13.6 Å². The van der Waals surface area contributed by atoms with Gasteiger partial charge in [0.1, 0.15) is 0 Å². The van der Waals surface area contributed by atoms with Gasteiger partial charge < -0.3 is 4.57 Å². The minimum Gasteiger partial charge on any atom is -0.348 e. The molecule has 2 aromatic heterocycles. The first-order valence-corrected chi connectivity index (χ1v) is 6.86. The molecule has 0 bridgehead atoms. The minimum atomic E-state index is -0.149. The van der Waals surface area contributed by atoms with Crippen molar-refractivity contribution in [3.8, 4) is 0 Å². The molecule has 0 unspecified atom stereocenters. The molecule has 0 atom stereocenters. The Bertz CT molecular complexity index is 695. The van der Waals surface area contributed by atoms with Gasteiger partial charge in [0.15, 0.2) is 5.78 Å². The number of carbonyl (C=O) groups excluding carboxylic acids is 1. The highest BCUT2D eigenvalue weighted by Gasteiger charge is 2.21. The van der Waals surface area contributed by atoms with Crippen molar-refractivity contribution in [2.24, 2.45) is 7.05 Å². The lowest BCUT2D eigenvalue weighted by atomic mass is 9.83. The van der Waals surface area contributed by atoms with Gasteiger partial charge in [-0.05, 0) is 25.0 Å². The second kappa shape index (κ2) is 5.07. The van der Waals surface area contributed by atoms with Gasteiger partial charge in [-0.2, -0.15) is 0 Å². The molecule has 5 nitrogen and oxygen atoms in total. The third kappa shape index (κ3) is 2.31. The van der Waals surface area contributed by atoms with E-state index in [1.165, 1.54) is 17.3 Å². The number of ketones is 1. The molecule has 104 valence electrons. The molecule has 1 aliphatic rings. The van der Waals surface area contributed by atoms with Crippen molar-refractivity contribution in [3.05, 3.63) is 52.5 Å². The van der Waals surface area contributed by atoms with Crippen molar-refractivity contribution in [2.75, 3.05) is 0 Å². The summed E-state index contributed by atoms with van der Waals surface area (Å²) in [5.41, 5.74) is 1.31. The number of nitrogens with zero attached hydrogens (tertiary/aromatic N) is 3. The molecule has 0 aliphatic heterocycles. The highest BCUT2D eigenvalue weighted by molar-refractivity contribution is 5.94. The van der Waals surface area contributed by atoms with E-state index in [2.05, 4.69) is 4.98 Å². The van der Waals surface area contributed by atoms with Crippen LogP contribution >= 0.6 is 0 Å². The molecule has 0 amide bonds. The summed E-state index contributed by atoms with van der Waals surface area (Å²) < 4.78 is 3.13. The SMILES string of the molecule is Cn1cccc1C(=O)Cn1cnc(C2CCC2)cc1=O. The largest absolute Gasteiger partial charge is 0.348 e. The summed E-state index contributed by atoms with van der Waals surface area (Å²) in [7, 11) is 1.81. The van der Waals surface area contributed by atoms with Crippen LogP contribution in [0.15, 0.2) is 35.5 Å². The van der Waals surface area contributed by atoms with Crippen LogP contribution < -0.4 is 5.56 Å². The standard InChI is InChI=1S/C15H17N3O2/c1-17-7-3-6-13(17)14(19)9-18-10-16-12(8-15(18)20)11-4-2-5-11/h3,6-8,10-11H,2,4-5,9H2,1H3. The van der Waals surface area contributed by atoms with Crippen LogP contribution in [0.3, 0.4) is 0 Å². The minimum absolute atomic E-state index is 0.0363. The van der Waals surface area contributed by atoms with Gasteiger partial charge in [0.25, 0.3) is 5.56 Å². The quantitative estimate of drug-likeness (QED) is 0.796. The second-order valence-electron chi connectivity index (χ2n) is 5.34. The van der Waals surface area contributed by atoms with Gasteiger partial charge in [-0.15, -0.1) is 0 Å². The van der Waals surface area contributed by atoms with E-state index >= 15 is 0 Å². The number of hydrogen-bond donors (Lipinski definition) is 0. The van der Waals surface area contributed by atoms with Crippen LogP contribution in [0.25, 0.3) is 0 Å². The van der Waals surface area contributed by atoms with E-state index in [-0.39, 0.29) is 17.9 Å². The van der Waals surface area contributed by atoms with E-state index < -0.39 is 0 Å². The lowest BCUT2D eigenvalue weighted by Gasteiger charge is -2.24. The normalized spacial score (nSPS) is 15.1. The molecule has 0 saturated heterocycles. The van der Waals surface area contributed by atoms with Gasteiger partial charge in [0.05, 0.1) is 24.3 Å². The Balaban J connectivity index is 1.79. The zero-order chi connectivity index (χ0) is 14.1. The molecule has 0 N–H and O–H groups in total. The molecule has 0 aromatic carbocycles. The summed E-state index contributed by atoms with van der Waals surface area (Å²) in [5.74, 6) is 0.346. The van der Waals surface area contributed by atoms with Crippen LogP contribution in [0, 0.1) is 0 Å². The van der Waals surface area contributed by atoms with Crippen molar-refractivity contribution in [1.29, 1.82) is 0 Å². The molecular formula is C15H17N3O2. The van der Waals surface area contributed by atoms with Crippen molar-refractivity contribution in [2.45, 2.75) is 31.7 Å². The molecule has 2 aromatic rings. The summed E-state index contributed by atoms with van der Waals surface area (Å²) in [6.07, 6.45) is 6.74. The summed E-state index contributed by atoms with van der Waals surface area (Å²) in [6, 6.07) is 5.14. The van der Waals surface area contributed by atoms with Gasteiger partial charge in [-0.1, -0.05) is 6.42 Å². The Morgan fingerprint density at radius 1 is 1.45 bits per heavy atom. The molecule has 3 rings (SSSR count). The van der Waals surface area contributed by atoms with E-state index in [1.807, 2.05) is 19.3 Å². The molecular weight excluding hydrogens is 254 g/mol. The maximum Gasteiger partial charge on any atom is 0.253 e. The van der Waals surface area contributed by atoms with Crippen molar-refractivity contribution in [1.82, 2.24) is 14.1 Å². The molecule has 2 heterocycles. The molecule has 0 radical (unpaired) electrons. The smallest absolute Gasteiger partial charge is 0.253 e. The van der Waals surface area contributed by atoms with Crippen molar-refractivity contribution >= 4 is 5.78 Å². The van der Waals surface area contributed by atoms with Gasteiger partial charge in [-0.3, -0.25) is 14.2 Å². The van der Waals surface area contributed by atoms with Gasteiger partial charge in [-0.25, -0.2) is 4.98 Å². The maximum atomic E-state index is 12.1. The van der Waals surface area contributed by atoms with E-state index in [1.54, 1.807) is 16.7 Å². The average molecular weight is 271 g/mol. The highest BCUT2D eigenvalue weighted by atomic mass is 16.1. The van der Waals surface area contributed by atoms with Crippen molar-refractivity contribution in [3.63, 3.8) is 0 Å². The molecule has 0 spiro atoms. The fraction of sp³-hybridized carbons (Fsp3) is 0.400. The average Bonchev–Trinajstić information content (AvgIpc) is 2.77. The summed E-state index contributed by atoms with van der Waals surface area (Å²) in [6.45, 7) is 0.0363.